The van der Waals surface area contributed by atoms with Crippen LogP contribution in [-0.4, -0.2) is 22.2 Å². The quantitative estimate of drug-likeness (QED) is 0.775. The number of nitrogens with one attached hydrogen (secondary N) is 1. The molecule has 5 nitrogen and oxygen atoms in total. The number of nitrogens with two attached hydrogens (primary N) is 1. The van der Waals surface area contributed by atoms with E-state index in [9.17, 15) is 4.79 Å². The van der Waals surface area contributed by atoms with E-state index in [0.29, 0.717) is 23.5 Å². The maximum absolute atomic E-state index is 12.2. The molecule has 0 unspecified atom stereocenters. The van der Waals surface area contributed by atoms with E-state index in [4.69, 9.17) is 5.73 Å². The van der Waals surface area contributed by atoms with E-state index in [2.05, 4.69) is 10.4 Å². The van der Waals surface area contributed by atoms with Crippen molar-refractivity contribution in [2.24, 2.45) is 7.05 Å². The average Bonchev–Trinajstić information content (AvgIpc) is 3.03. The van der Waals surface area contributed by atoms with E-state index >= 15 is 0 Å². The van der Waals surface area contributed by atoms with Crippen molar-refractivity contribution < 1.29 is 4.79 Å². The van der Waals surface area contributed by atoms with E-state index in [-0.39, 0.29) is 5.91 Å². The van der Waals surface area contributed by atoms with Gasteiger partial charge in [0.05, 0.1) is 11.4 Å². The molecule has 6 heteroatoms. The van der Waals surface area contributed by atoms with Gasteiger partial charge in [-0.05, 0) is 12.1 Å². The number of rotatable bonds is 4. The zero-order valence-corrected chi connectivity index (χ0v) is 12.5. The van der Waals surface area contributed by atoms with Gasteiger partial charge in [0.1, 0.15) is 4.88 Å². The molecule has 0 saturated carbocycles. The molecule has 2 aromatic heterocycles. The lowest BCUT2D eigenvalue weighted by Crippen LogP contribution is -2.25. The molecule has 0 bridgehead atoms. The van der Waals surface area contributed by atoms with Crippen LogP contribution in [-0.2, 0) is 13.5 Å². The van der Waals surface area contributed by atoms with E-state index in [0.717, 1.165) is 15.8 Å². The fraction of sp³-hybridized carbons (Fsp3) is 0.200. The van der Waals surface area contributed by atoms with Crippen molar-refractivity contribution in [3.8, 4) is 0 Å². The molecule has 3 N–H and O–H groups in total. The predicted molar refractivity (Wildman–Crippen MR) is 85.5 cm³/mol. The maximum atomic E-state index is 12.2. The van der Waals surface area contributed by atoms with Crippen molar-refractivity contribution in [2.75, 3.05) is 12.3 Å². The largest absolute Gasteiger partial charge is 0.397 e. The molecule has 2 heterocycles. The number of anilines is 1. The van der Waals surface area contributed by atoms with Crippen molar-refractivity contribution in [2.45, 2.75) is 6.42 Å². The highest BCUT2D eigenvalue weighted by Gasteiger charge is 2.15. The summed E-state index contributed by atoms with van der Waals surface area (Å²) >= 11 is 1.43. The minimum atomic E-state index is -0.121. The zero-order chi connectivity index (χ0) is 14.8. The Kier molecular flexibility index (Phi) is 3.62. The maximum Gasteiger partial charge on any atom is 0.263 e. The van der Waals surface area contributed by atoms with Gasteiger partial charge in [-0.2, -0.15) is 5.10 Å². The van der Waals surface area contributed by atoms with E-state index in [1.54, 1.807) is 4.68 Å². The van der Waals surface area contributed by atoms with Crippen molar-refractivity contribution in [1.29, 1.82) is 0 Å². The van der Waals surface area contributed by atoms with Crippen LogP contribution < -0.4 is 11.1 Å². The Hall–Kier alpha value is -2.34. The number of carbonyl (C=O) groups excluding carboxylic acids is 1. The number of thiophene rings is 1. The molecule has 0 aliphatic heterocycles. The van der Waals surface area contributed by atoms with Crippen LogP contribution in [0.2, 0.25) is 0 Å². The molecule has 1 aromatic carbocycles. The first-order valence-corrected chi connectivity index (χ1v) is 7.50. The average molecular weight is 300 g/mol. The van der Waals surface area contributed by atoms with Crippen molar-refractivity contribution >= 4 is 33.0 Å². The highest BCUT2D eigenvalue weighted by atomic mass is 32.1. The van der Waals surface area contributed by atoms with Crippen LogP contribution in [0.5, 0.6) is 0 Å². The lowest BCUT2D eigenvalue weighted by molar-refractivity contribution is 0.0959. The Morgan fingerprint density at radius 3 is 2.90 bits per heavy atom. The molecule has 0 radical (unpaired) electrons. The lowest BCUT2D eigenvalue weighted by atomic mass is 10.2. The number of carbonyl (C=O) groups is 1. The number of benzene rings is 1. The van der Waals surface area contributed by atoms with Crippen LogP contribution >= 0.6 is 11.3 Å². The van der Waals surface area contributed by atoms with Gasteiger partial charge in [-0.15, -0.1) is 11.3 Å². The minimum absolute atomic E-state index is 0.121. The molecule has 108 valence electrons. The number of amides is 1. The third kappa shape index (κ3) is 2.75. The highest BCUT2D eigenvalue weighted by molar-refractivity contribution is 7.21. The molecule has 3 aromatic rings. The van der Waals surface area contributed by atoms with Crippen LogP contribution in [0.25, 0.3) is 10.1 Å². The summed E-state index contributed by atoms with van der Waals surface area (Å²) in [6.45, 7) is 0.545. The second-order valence-corrected chi connectivity index (χ2v) is 5.88. The summed E-state index contributed by atoms with van der Waals surface area (Å²) in [5.41, 5.74) is 7.58. The fourth-order valence-electron chi connectivity index (χ4n) is 2.21. The van der Waals surface area contributed by atoms with Crippen LogP contribution in [0, 0.1) is 0 Å². The summed E-state index contributed by atoms with van der Waals surface area (Å²) in [4.78, 5) is 12.8. The Morgan fingerprint density at radius 1 is 1.38 bits per heavy atom. The Labute approximate surface area is 126 Å². The number of fused-ring (bicyclic) bond motifs is 1. The van der Waals surface area contributed by atoms with Gasteiger partial charge >= 0.3 is 0 Å². The molecular weight excluding hydrogens is 284 g/mol. The van der Waals surface area contributed by atoms with Crippen molar-refractivity contribution in [3.63, 3.8) is 0 Å². The first-order valence-electron chi connectivity index (χ1n) is 6.69. The summed E-state index contributed by atoms with van der Waals surface area (Å²) in [6, 6.07) is 9.72. The topological polar surface area (TPSA) is 72.9 Å². The van der Waals surface area contributed by atoms with Crippen LogP contribution in [0.1, 0.15) is 15.4 Å². The molecule has 0 atom stereocenters. The molecule has 0 spiro atoms. The SMILES string of the molecule is Cn1ccc(CCNC(=O)c2sc3ccccc3c2N)n1. The van der Waals surface area contributed by atoms with Gasteiger partial charge < -0.3 is 11.1 Å². The summed E-state index contributed by atoms with van der Waals surface area (Å²) in [5, 5.41) is 8.12. The minimum Gasteiger partial charge on any atom is -0.397 e. The molecule has 0 saturated heterocycles. The van der Waals surface area contributed by atoms with E-state index in [1.807, 2.05) is 43.6 Å². The van der Waals surface area contributed by atoms with Gasteiger partial charge in [0.25, 0.3) is 5.91 Å². The number of aromatic nitrogens is 2. The van der Waals surface area contributed by atoms with Gasteiger partial charge in [-0.1, -0.05) is 18.2 Å². The van der Waals surface area contributed by atoms with Crippen molar-refractivity contribution in [1.82, 2.24) is 15.1 Å². The number of nitrogens with zero attached hydrogens (tertiary/aromatic N) is 2. The molecular formula is C15H16N4OS. The van der Waals surface area contributed by atoms with Gasteiger partial charge in [-0.25, -0.2) is 0 Å². The number of aryl methyl sites for hydroxylation is 1. The summed E-state index contributed by atoms with van der Waals surface area (Å²) < 4.78 is 2.78. The summed E-state index contributed by atoms with van der Waals surface area (Å²) in [7, 11) is 1.87. The second-order valence-electron chi connectivity index (χ2n) is 4.83. The van der Waals surface area contributed by atoms with Crippen LogP contribution in [0.15, 0.2) is 36.5 Å². The Balaban J connectivity index is 1.68. The van der Waals surface area contributed by atoms with Gasteiger partial charge in [0, 0.05) is 36.3 Å². The smallest absolute Gasteiger partial charge is 0.263 e. The Bertz CT molecular complexity index is 790. The number of hydrogen-bond acceptors (Lipinski definition) is 4. The van der Waals surface area contributed by atoms with Gasteiger partial charge in [0.2, 0.25) is 0 Å². The number of hydrogen-bond donors (Lipinski definition) is 2. The summed E-state index contributed by atoms with van der Waals surface area (Å²) in [5.74, 6) is -0.121. The van der Waals surface area contributed by atoms with Crippen molar-refractivity contribution in [3.05, 3.63) is 47.1 Å². The Morgan fingerprint density at radius 2 is 2.19 bits per heavy atom. The van der Waals surface area contributed by atoms with Crippen LogP contribution in [0.3, 0.4) is 0 Å². The summed E-state index contributed by atoms with van der Waals surface area (Å²) in [6.07, 6.45) is 2.60. The fourth-order valence-corrected chi connectivity index (χ4v) is 3.25. The van der Waals surface area contributed by atoms with Gasteiger partial charge in [0.15, 0.2) is 0 Å². The van der Waals surface area contributed by atoms with E-state index < -0.39 is 0 Å². The third-order valence-corrected chi connectivity index (χ3v) is 4.46. The molecule has 0 aliphatic carbocycles. The standard InChI is InChI=1S/C15H16N4OS/c1-19-9-7-10(18-19)6-8-17-15(20)14-13(16)11-4-2-3-5-12(11)21-14/h2-5,7,9H,6,8,16H2,1H3,(H,17,20). The monoisotopic (exact) mass is 300 g/mol. The zero-order valence-electron chi connectivity index (χ0n) is 11.7. The normalized spacial score (nSPS) is 10.9. The molecule has 0 aliphatic rings. The third-order valence-electron chi connectivity index (χ3n) is 3.28. The predicted octanol–water partition coefficient (Wildman–Crippen LogP) is 2.19. The lowest BCUT2D eigenvalue weighted by Gasteiger charge is -2.03. The van der Waals surface area contributed by atoms with Crippen LogP contribution in [0.4, 0.5) is 5.69 Å². The molecule has 0 fully saturated rings. The number of nitrogen functional groups attached to an aromatic ring is 1. The van der Waals surface area contributed by atoms with Gasteiger partial charge in [-0.3, -0.25) is 9.48 Å². The highest BCUT2D eigenvalue weighted by Crippen LogP contribution is 2.33. The first kappa shape index (κ1) is 13.6. The van der Waals surface area contributed by atoms with E-state index in [1.165, 1.54) is 11.3 Å². The second kappa shape index (κ2) is 5.57. The molecule has 3 rings (SSSR count). The first-order chi connectivity index (χ1) is 10.1. The molecule has 21 heavy (non-hydrogen) atoms. The molecule has 1 amide bonds.